The molecule has 2 aromatic heterocycles. The van der Waals surface area contributed by atoms with Gasteiger partial charge in [-0.25, -0.2) is 0 Å². The van der Waals surface area contributed by atoms with E-state index in [4.69, 9.17) is 5.73 Å². The highest BCUT2D eigenvalue weighted by atomic mass is 15.3. The van der Waals surface area contributed by atoms with Crippen molar-refractivity contribution in [3.8, 4) is 22.6 Å². The van der Waals surface area contributed by atoms with E-state index >= 15 is 0 Å². The second-order valence-corrected chi connectivity index (χ2v) is 5.03. The molecule has 0 spiro atoms. The third-order valence-corrected chi connectivity index (χ3v) is 3.41. The number of benzene rings is 1. The van der Waals surface area contributed by atoms with Crippen molar-refractivity contribution in [2.24, 2.45) is 12.8 Å². The molecule has 0 bridgehead atoms. The van der Waals surface area contributed by atoms with Crippen LogP contribution in [0.2, 0.25) is 0 Å². The smallest absolute Gasteiger partial charge is 0.165 e. The molecule has 21 heavy (non-hydrogen) atoms. The Labute approximate surface area is 123 Å². The van der Waals surface area contributed by atoms with Crippen molar-refractivity contribution in [2.75, 3.05) is 0 Å². The molecular weight excluding hydrogens is 262 g/mol. The van der Waals surface area contributed by atoms with E-state index in [1.807, 2.05) is 67.2 Å². The van der Waals surface area contributed by atoms with Crippen molar-refractivity contribution >= 4 is 0 Å². The summed E-state index contributed by atoms with van der Waals surface area (Å²) in [6.07, 6.45) is 1.82. The first kappa shape index (κ1) is 13.5. The Morgan fingerprint density at radius 3 is 2.33 bits per heavy atom. The maximum atomic E-state index is 5.87. The average molecular weight is 279 g/mol. The number of hydrogen-bond donors (Lipinski definition) is 1. The molecule has 5 heteroatoms. The normalized spacial score (nSPS) is 12.3. The highest BCUT2D eigenvalue weighted by Gasteiger charge is 2.13. The third kappa shape index (κ3) is 2.55. The van der Waals surface area contributed by atoms with Gasteiger partial charge in [-0.2, -0.15) is 0 Å². The summed E-state index contributed by atoms with van der Waals surface area (Å²) in [5, 5.41) is 8.33. The Morgan fingerprint density at radius 2 is 1.76 bits per heavy atom. The molecule has 0 aliphatic heterocycles. The van der Waals surface area contributed by atoms with Crippen molar-refractivity contribution in [3.05, 3.63) is 54.5 Å². The summed E-state index contributed by atoms with van der Waals surface area (Å²) in [5.74, 6) is 1.53. The van der Waals surface area contributed by atoms with Crippen LogP contribution < -0.4 is 5.73 Å². The molecule has 106 valence electrons. The summed E-state index contributed by atoms with van der Waals surface area (Å²) in [6, 6.07) is 13.9. The molecule has 0 aliphatic carbocycles. The minimum Gasteiger partial charge on any atom is -0.322 e. The van der Waals surface area contributed by atoms with Crippen LogP contribution in [0.15, 0.2) is 48.7 Å². The van der Waals surface area contributed by atoms with E-state index in [-0.39, 0.29) is 6.04 Å². The Hall–Kier alpha value is -2.53. The van der Waals surface area contributed by atoms with E-state index in [2.05, 4.69) is 15.2 Å². The fourth-order valence-electron chi connectivity index (χ4n) is 2.29. The molecule has 2 heterocycles. The van der Waals surface area contributed by atoms with Crippen LogP contribution in [0.5, 0.6) is 0 Å². The zero-order valence-corrected chi connectivity index (χ0v) is 12.1. The Kier molecular flexibility index (Phi) is 3.50. The SMILES string of the molecule is C[C@@H](N)c1nnc(-c2ccc(-c3ccccc3)nc2)n1C. The van der Waals surface area contributed by atoms with E-state index < -0.39 is 0 Å². The molecule has 0 saturated heterocycles. The monoisotopic (exact) mass is 279 g/mol. The molecule has 1 aromatic carbocycles. The van der Waals surface area contributed by atoms with Crippen molar-refractivity contribution in [2.45, 2.75) is 13.0 Å². The predicted molar refractivity (Wildman–Crippen MR) is 82.3 cm³/mol. The second kappa shape index (κ2) is 5.46. The first-order valence-electron chi connectivity index (χ1n) is 6.83. The van der Waals surface area contributed by atoms with Gasteiger partial charge in [0.05, 0.1) is 11.7 Å². The molecule has 0 radical (unpaired) electrons. The quantitative estimate of drug-likeness (QED) is 0.800. The van der Waals surface area contributed by atoms with Crippen molar-refractivity contribution in [1.82, 2.24) is 19.7 Å². The van der Waals surface area contributed by atoms with Gasteiger partial charge in [0.15, 0.2) is 5.82 Å². The van der Waals surface area contributed by atoms with Crippen LogP contribution in [-0.2, 0) is 7.05 Å². The van der Waals surface area contributed by atoms with Crippen LogP contribution in [0.1, 0.15) is 18.8 Å². The summed E-state index contributed by atoms with van der Waals surface area (Å²) >= 11 is 0. The van der Waals surface area contributed by atoms with Gasteiger partial charge in [-0.3, -0.25) is 4.98 Å². The van der Waals surface area contributed by atoms with E-state index in [0.29, 0.717) is 0 Å². The first-order chi connectivity index (χ1) is 10.2. The largest absolute Gasteiger partial charge is 0.322 e. The predicted octanol–water partition coefficient (Wildman–Crippen LogP) is 2.56. The Balaban J connectivity index is 1.95. The zero-order chi connectivity index (χ0) is 14.8. The van der Waals surface area contributed by atoms with Gasteiger partial charge in [-0.1, -0.05) is 30.3 Å². The summed E-state index contributed by atoms with van der Waals surface area (Å²) < 4.78 is 1.91. The summed E-state index contributed by atoms with van der Waals surface area (Å²) in [5.41, 5.74) is 8.83. The summed E-state index contributed by atoms with van der Waals surface area (Å²) in [7, 11) is 1.92. The average Bonchev–Trinajstić information content (AvgIpc) is 2.90. The van der Waals surface area contributed by atoms with Crippen molar-refractivity contribution in [1.29, 1.82) is 0 Å². The van der Waals surface area contributed by atoms with Crippen LogP contribution in [0.4, 0.5) is 0 Å². The van der Waals surface area contributed by atoms with E-state index in [0.717, 1.165) is 28.5 Å². The van der Waals surface area contributed by atoms with Gasteiger partial charge in [0.2, 0.25) is 0 Å². The minimum atomic E-state index is -0.146. The number of aromatic nitrogens is 4. The third-order valence-electron chi connectivity index (χ3n) is 3.41. The van der Waals surface area contributed by atoms with Crippen molar-refractivity contribution < 1.29 is 0 Å². The molecular formula is C16H17N5. The fourth-order valence-corrected chi connectivity index (χ4v) is 2.29. The standard InChI is InChI=1S/C16H17N5/c1-11(17)15-19-20-16(21(15)2)13-8-9-14(18-10-13)12-6-4-3-5-7-12/h3-11H,17H2,1-2H3/t11-/m1/s1. The van der Waals surface area contributed by atoms with E-state index in [9.17, 15) is 0 Å². The van der Waals surface area contributed by atoms with Crippen LogP contribution in [-0.4, -0.2) is 19.7 Å². The molecule has 0 aliphatic rings. The number of nitrogens with two attached hydrogens (primary N) is 1. The maximum absolute atomic E-state index is 5.87. The zero-order valence-electron chi connectivity index (χ0n) is 12.1. The van der Waals surface area contributed by atoms with Gasteiger partial charge < -0.3 is 10.3 Å². The molecule has 0 unspecified atom stereocenters. The lowest BCUT2D eigenvalue weighted by Gasteiger charge is -2.06. The molecule has 1 atom stereocenters. The minimum absolute atomic E-state index is 0.146. The molecule has 5 nitrogen and oxygen atoms in total. The Bertz CT molecular complexity index is 729. The number of nitrogens with zero attached hydrogens (tertiary/aromatic N) is 4. The molecule has 0 amide bonds. The number of hydrogen-bond acceptors (Lipinski definition) is 4. The van der Waals surface area contributed by atoms with Gasteiger partial charge in [0.1, 0.15) is 5.82 Å². The number of pyridine rings is 1. The van der Waals surface area contributed by atoms with Gasteiger partial charge in [0, 0.05) is 24.4 Å². The van der Waals surface area contributed by atoms with Crippen molar-refractivity contribution in [3.63, 3.8) is 0 Å². The second-order valence-electron chi connectivity index (χ2n) is 5.03. The van der Waals surface area contributed by atoms with Gasteiger partial charge in [-0.05, 0) is 19.1 Å². The van der Waals surface area contributed by atoms with Crippen LogP contribution >= 0.6 is 0 Å². The van der Waals surface area contributed by atoms with Gasteiger partial charge in [-0.15, -0.1) is 10.2 Å². The molecule has 0 saturated carbocycles. The molecule has 3 aromatic rings. The first-order valence-corrected chi connectivity index (χ1v) is 6.83. The topological polar surface area (TPSA) is 69.6 Å². The maximum Gasteiger partial charge on any atom is 0.165 e. The fraction of sp³-hybridized carbons (Fsp3) is 0.188. The lowest BCUT2D eigenvalue weighted by atomic mass is 10.1. The highest BCUT2D eigenvalue weighted by Crippen LogP contribution is 2.22. The Morgan fingerprint density at radius 1 is 1.00 bits per heavy atom. The lowest BCUT2D eigenvalue weighted by molar-refractivity contribution is 0.686. The highest BCUT2D eigenvalue weighted by molar-refractivity contribution is 5.63. The van der Waals surface area contributed by atoms with Gasteiger partial charge >= 0.3 is 0 Å². The molecule has 3 rings (SSSR count). The molecule has 0 fully saturated rings. The van der Waals surface area contributed by atoms with Crippen LogP contribution in [0, 0.1) is 0 Å². The van der Waals surface area contributed by atoms with Crippen LogP contribution in [0.3, 0.4) is 0 Å². The number of rotatable bonds is 3. The summed E-state index contributed by atoms with van der Waals surface area (Å²) in [6.45, 7) is 1.89. The van der Waals surface area contributed by atoms with E-state index in [1.165, 1.54) is 0 Å². The van der Waals surface area contributed by atoms with Gasteiger partial charge in [0.25, 0.3) is 0 Å². The molecule has 2 N–H and O–H groups in total. The van der Waals surface area contributed by atoms with E-state index in [1.54, 1.807) is 0 Å². The summed E-state index contributed by atoms with van der Waals surface area (Å²) in [4.78, 5) is 4.51. The lowest BCUT2D eigenvalue weighted by Crippen LogP contribution is -2.11. The van der Waals surface area contributed by atoms with Crippen LogP contribution in [0.25, 0.3) is 22.6 Å².